The third-order valence-corrected chi connectivity index (χ3v) is 3.95. The van der Waals surface area contributed by atoms with E-state index in [0.29, 0.717) is 31.3 Å². The predicted octanol–water partition coefficient (Wildman–Crippen LogP) is 1.90. The third kappa shape index (κ3) is 4.07. The molecular formula is C13H19N3O4S. The van der Waals surface area contributed by atoms with E-state index in [9.17, 15) is 9.59 Å². The van der Waals surface area contributed by atoms with Crippen LogP contribution in [0.2, 0.25) is 0 Å². The van der Waals surface area contributed by atoms with Crippen molar-refractivity contribution in [2.24, 2.45) is 0 Å². The summed E-state index contributed by atoms with van der Waals surface area (Å²) in [5.41, 5.74) is -0.500. The van der Waals surface area contributed by atoms with Crippen LogP contribution in [0.3, 0.4) is 0 Å². The maximum atomic E-state index is 11.9. The third-order valence-electron chi connectivity index (χ3n) is 2.91. The minimum absolute atomic E-state index is 0.222. The zero-order valence-electron chi connectivity index (χ0n) is 12.3. The summed E-state index contributed by atoms with van der Waals surface area (Å²) in [6.07, 6.45) is 1.05. The lowest BCUT2D eigenvalue weighted by molar-refractivity contribution is 0.0240. The van der Waals surface area contributed by atoms with Gasteiger partial charge < -0.3 is 19.6 Å². The summed E-state index contributed by atoms with van der Waals surface area (Å²) in [5.74, 6) is -0.967. The van der Waals surface area contributed by atoms with Gasteiger partial charge in [0.1, 0.15) is 10.5 Å². The molecule has 1 aromatic heterocycles. The summed E-state index contributed by atoms with van der Waals surface area (Å²) in [6.45, 7) is 7.82. The topological polar surface area (TPSA) is 83.0 Å². The van der Waals surface area contributed by atoms with E-state index in [4.69, 9.17) is 9.84 Å². The summed E-state index contributed by atoms with van der Waals surface area (Å²) in [7, 11) is 0. The Hall–Kier alpha value is -1.83. The Morgan fingerprint density at radius 1 is 1.29 bits per heavy atom. The molecule has 116 valence electrons. The molecular weight excluding hydrogens is 294 g/mol. The fraction of sp³-hybridized carbons (Fsp3) is 0.615. The van der Waals surface area contributed by atoms with Gasteiger partial charge in [0.05, 0.1) is 6.20 Å². The van der Waals surface area contributed by atoms with Gasteiger partial charge in [-0.15, -0.1) is 0 Å². The highest BCUT2D eigenvalue weighted by molar-refractivity contribution is 7.17. The smallest absolute Gasteiger partial charge is 0.410 e. The van der Waals surface area contributed by atoms with Crippen LogP contribution in [0, 0.1) is 0 Å². The molecule has 1 aliphatic rings. The Morgan fingerprint density at radius 2 is 1.90 bits per heavy atom. The van der Waals surface area contributed by atoms with E-state index < -0.39 is 11.6 Å². The van der Waals surface area contributed by atoms with Crippen molar-refractivity contribution in [2.45, 2.75) is 26.4 Å². The number of ether oxygens (including phenoxy) is 1. The first kappa shape index (κ1) is 15.6. The molecule has 1 fully saturated rings. The van der Waals surface area contributed by atoms with Gasteiger partial charge in [0, 0.05) is 26.2 Å². The lowest BCUT2D eigenvalue weighted by Crippen LogP contribution is -2.50. The molecule has 1 N–H and O–H groups in total. The van der Waals surface area contributed by atoms with Gasteiger partial charge in [-0.2, -0.15) is 0 Å². The average molecular weight is 313 g/mol. The Morgan fingerprint density at radius 3 is 2.38 bits per heavy atom. The maximum absolute atomic E-state index is 11.9. The average Bonchev–Trinajstić information content (AvgIpc) is 2.86. The Bertz CT molecular complexity index is 530. The van der Waals surface area contributed by atoms with E-state index in [2.05, 4.69) is 4.98 Å². The summed E-state index contributed by atoms with van der Waals surface area (Å²) >= 11 is 1.15. The van der Waals surface area contributed by atoms with Gasteiger partial charge in [0.25, 0.3) is 0 Å². The number of aromatic nitrogens is 1. The van der Waals surface area contributed by atoms with E-state index in [1.54, 1.807) is 4.90 Å². The number of nitrogens with zero attached hydrogens (tertiary/aromatic N) is 3. The van der Waals surface area contributed by atoms with E-state index in [1.165, 1.54) is 6.20 Å². The number of aromatic carboxylic acids is 1. The summed E-state index contributed by atoms with van der Waals surface area (Å²) in [4.78, 5) is 30.8. The first-order valence-corrected chi connectivity index (χ1v) is 7.50. The van der Waals surface area contributed by atoms with E-state index >= 15 is 0 Å². The van der Waals surface area contributed by atoms with Crippen molar-refractivity contribution in [2.75, 3.05) is 31.1 Å². The largest absolute Gasteiger partial charge is 0.477 e. The van der Waals surface area contributed by atoms with Gasteiger partial charge in [-0.25, -0.2) is 14.6 Å². The van der Waals surface area contributed by atoms with Crippen LogP contribution in [-0.2, 0) is 4.74 Å². The number of carbonyl (C=O) groups excluding carboxylic acids is 1. The molecule has 0 atom stereocenters. The van der Waals surface area contributed by atoms with Crippen LogP contribution in [0.4, 0.5) is 9.93 Å². The van der Waals surface area contributed by atoms with Crippen molar-refractivity contribution in [3.05, 3.63) is 11.1 Å². The lowest BCUT2D eigenvalue weighted by atomic mass is 10.2. The minimum atomic E-state index is -0.967. The number of anilines is 1. The molecule has 1 saturated heterocycles. The number of carbonyl (C=O) groups is 2. The van der Waals surface area contributed by atoms with Crippen LogP contribution in [0.5, 0.6) is 0 Å². The molecule has 0 unspecified atom stereocenters. The van der Waals surface area contributed by atoms with Crippen molar-refractivity contribution in [1.29, 1.82) is 0 Å². The van der Waals surface area contributed by atoms with Gasteiger partial charge in [-0.05, 0) is 20.8 Å². The molecule has 7 nitrogen and oxygen atoms in total. The first-order chi connectivity index (χ1) is 9.76. The molecule has 8 heteroatoms. The molecule has 1 aromatic rings. The van der Waals surface area contributed by atoms with Crippen molar-refractivity contribution >= 4 is 28.5 Å². The number of piperazine rings is 1. The Balaban J connectivity index is 1.90. The van der Waals surface area contributed by atoms with Crippen LogP contribution in [0.25, 0.3) is 0 Å². The van der Waals surface area contributed by atoms with Crippen molar-refractivity contribution in [3.63, 3.8) is 0 Å². The van der Waals surface area contributed by atoms with E-state index in [0.717, 1.165) is 11.3 Å². The van der Waals surface area contributed by atoms with E-state index in [-0.39, 0.29) is 11.0 Å². The zero-order chi connectivity index (χ0) is 15.6. The number of rotatable bonds is 2. The van der Waals surface area contributed by atoms with Crippen LogP contribution < -0.4 is 4.90 Å². The fourth-order valence-electron chi connectivity index (χ4n) is 1.92. The molecule has 0 bridgehead atoms. The number of hydrogen-bond donors (Lipinski definition) is 1. The van der Waals surface area contributed by atoms with Gasteiger partial charge in [0.2, 0.25) is 0 Å². The molecule has 0 spiro atoms. The molecule has 0 aliphatic carbocycles. The molecule has 1 aliphatic heterocycles. The molecule has 0 aromatic carbocycles. The van der Waals surface area contributed by atoms with Crippen molar-refractivity contribution in [3.8, 4) is 0 Å². The second-order valence-electron chi connectivity index (χ2n) is 5.77. The number of amides is 1. The second kappa shape index (κ2) is 5.88. The van der Waals surface area contributed by atoms with Crippen LogP contribution in [0.1, 0.15) is 30.4 Å². The molecule has 0 radical (unpaired) electrons. The standard InChI is InChI=1S/C13H19N3O4S/c1-13(2,3)20-12(19)16-6-4-15(5-7-16)11-14-8-9(21-11)10(17)18/h8H,4-7H2,1-3H3,(H,17,18). The van der Waals surface area contributed by atoms with Crippen LogP contribution in [0.15, 0.2) is 6.20 Å². The monoisotopic (exact) mass is 313 g/mol. The zero-order valence-corrected chi connectivity index (χ0v) is 13.1. The molecule has 2 heterocycles. The van der Waals surface area contributed by atoms with E-state index in [1.807, 2.05) is 25.7 Å². The number of carboxylic acid groups (broad SMARTS) is 1. The number of hydrogen-bond acceptors (Lipinski definition) is 6. The van der Waals surface area contributed by atoms with Gasteiger partial charge in [-0.3, -0.25) is 0 Å². The number of carboxylic acids is 1. The van der Waals surface area contributed by atoms with Crippen LogP contribution >= 0.6 is 11.3 Å². The van der Waals surface area contributed by atoms with Gasteiger partial charge in [0.15, 0.2) is 5.13 Å². The Kier molecular flexibility index (Phi) is 4.36. The van der Waals surface area contributed by atoms with Crippen molar-refractivity contribution in [1.82, 2.24) is 9.88 Å². The van der Waals surface area contributed by atoms with Gasteiger partial charge in [-0.1, -0.05) is 11.3 Å². The highest BCUT2D eigenvalue weighted by atomic mass is 32.1. The second-order valence-corrected chi connectivity index (χ2v) is 6.78. The molecule has 0 saturated carbocycles. The summed E-state index contributed by atoms with van der Waals surface area (Å²) in [5, 5.41) is 9.58. The summed E-state index contributed by atoms with van der Waals surface area (Å²) in [6, 6.07) is 0. The highest BCUT2D eigenvalue weighted by Crippen LogP contribution is 2.24. The predicted molar refractivity (Wildman–Crippen MR) is 79.1 cm³/mol. The normalized spacial score (nSPS) is 16.0. The van der Waals surface area contributed by atoms with Crippen molar-refractivity contribution < 1.29 is 19.4 Å². The molecule has 2 rings (SSSR count). The fourth-order valence-corrected chi connectivity index (χ4v) is 2.72. The maximum Gasteiger partial charge on any atom is 0.410 e. The molecule has 1 amide bonds. The quantitative estimate of drug-likeness (QED) is 0.898. The lowest BCUT2D eigenvalue weighted by Gasteiger charge is -2.35. The summed E-state index contributed by atoms with van der Waals surface area (Å²) < 4.78 is 5.33. The molecule has 21 heavy (non-hydrogen) atoms. The minimum Gasteiger partial charge on any atom is -0.477 e. The van der Waals surface area contributed by atoms with Crippen LogP contribution in [-0.4, -0.2) is 58.8 Å². The first-order valence-electron chi connectivity index (χ1n) is 6.68. The number of thiazole rings is 1. The highest BCUT2D eigenvalue weighted by Gasteiger charge is 2.27. The van der Waals surface area contributed by atoms with Gasteiger partial charge >= 0.3 is 12.1 Å². The Labute approximate surface area is 127 Å². The SMILES string of the molecule is CC(C)(C)OC(=O)N1CCN(c2ncc(C(=O)O)s2)CC1.